The molecule has 36 heavy (non-hydrogen) atoms. The molecule has 208 valence electrons. The molecule has 0 bridgehead atoms. The van der Waals surface area contributed by atoms with Crippen LogP contribution in [0.5, 0.6) is 0 Å². The second kappa shape index (κ2) is 15.1. The van der Waals surface area contributed by atoms with Crippen molar-refractivity contribution in [2.75, 3.05) is 34.4 Å². The van der Waals surface area contributed by atoms with E-state index in [-0.39, 0.29) is 42.2 Å². The molecule has 1 saturated heterocycles. The lowest BCUT2D eigenvalue weighted by Crippen LogP contribution is -2.53. The average molecular weight is 514 g/mol. The van der Waals surface area contributed by atoms with Gasteiger partial charge in [0.1, 0.15) is 6.54 Å². The van der Waals surface area contributed by atoms with Crippen molar-refractivity contribution in [3.8, 4) is 0 Å². The predicted molar refractivity (Wildman–Crippen MR) is 136 cm³/mol. The highest BCUT2D eigenvalue weighted by Crippen LogP contribution is 2.29. The van der Waals surface area contributed by atoms with E-state index >= 15 is 0 Å². The number of hydrogen-bond acceptors (Lipinski definition) is 6. The van der Waals surface area contributed by atoms with Gasteiger partial charge in [0.25, 0.3) is 0 Å². The first-order chi connectivity index (χ1) is 16.9. The zero-order valence-electron chi connectivity index (χ0n) is 23.3. The molecule has 0 aromatic heterocycles. The van der Waals surface area contributed by atoms with Crippen molar-refractivity contribution in [3.05, 3.63) is 0 Å². The molecule has 1 aliphatic rings. The van der Waals surface area contributed by atoms with Crippen molar-refractivity contribution in [2.45, 2.75) is 91.0 Å². The van der Waals surface area contributed by atoms with Crippen molar-refractivity contribution in [2.24, 2.45) is 17.8 Å². The van der Waals surface area contributed by atoms with Crippen LogP contribution in [-0.2, 0) is 28.7 Å². The highest BCUT2D eigenvalue weighted by Gasteiger charge is 2.41. The molecule has 0 spiro atoms. The molecule has 0 radical (unpaired) electrons. The Labute approximate surface area is 216 Å². The molecular weight excluding hydrogens is 466 g/mol. The van der Waals surface area contributed by atoms with Crippen LogP contribution >= 0.6 is 0 Å². The molecular formula is C26H47N3O7. The molecule has 1 fully saturated rings. The molecule has 6 atom stereocenters. The molecule has 0 aromatic rings. The number of aliphatic carboxylic acids is 1. The lowest BCUT2D eigenvalue weighted by molar-refractivity contribution is -0.146. The maximum absolute atomic E-state index is 13.5. The van der Waals surface area contributed by atoms with E-state index in [0.29, 0.717) is 19.4 Å². The summed E-state index contributed by atoms with van der Waals surface area (Å²) in [5.74, 6) is -1.92. The van der Waals surface area contributed by atoms with Gasteiger partial charge in [-0.2, -0.15) is 0 Å². The van der Waals surface area contributed by atoms with Gasteiger partial charge in [0, 0.05) is 34.2 Å². The van der Waals surface area contributed by atoms with Crippen molar-refractivity contribution in [3.63, 3.8) is 0 Å². The third-order valence-electron chi connectivity index (χ3n) is 7.30. The fraction of sp³-hybridized carbons (Fsp3) is 0.846. The van der Waals surface area contributed by atoms with Crippen LogP contribution in [-0.4, -0.2) is 97.2 Å². The van der Waals surface area contributed by atoms with Crippen molar-refractivity contribution in [1.29, 1.82) is 0 Å². The van der Waals surface area contributed by atoms with Crippen LogP contribution in [0.25, 0.3) is 0 Å². The number of carbonyl (C=O) groups is 4. The fourth-order valence-corrected chi connectivity index (χ4v) is 5.14. The molecule has 0 aromatic carbocycles. The van der Waals surface area contributed by atoms with E-state index in [1.807, 2.05) is 13.8 Å². The van der Waals surface area contributed by atoms with E-state index in [4.69, 9.17) is 14.6 Å². The Balaban J connectivity index is 3.05. The number of amides is 3. The minimum atomic E-state index is -1.12. The summed E-state index contributed by atoms with van der Waals surface area (Å²) < 4.78 is 11.5. The Morgan fingerprint density at radius 2 is 1.72 bits per heavy atom. The minimum absolute atomic E-state index is 0.0319. The van der Waals surface area contributed by atoms with Crippen molar-refractivity contribution < 1.29 is 33.8 Å². The number of carbonyl (C=O) groups excluding carboxylic acids is 3. The summed E-state index contributed by atoms with van der Waals surface area (Å²) in [7, 11) is 4.86. The highest BCUT2D eigenvalue weighted by atomic mass is 16.5. The molecule has 3 amide bonds. The summed E-state index contributed by atoms with van der Waals surface area (Å²) in [6.07, 6.45) is 1.77. The van der Waals surface area contributed by atoms with Crippen LogP contribution in [0.2, 0.25) is 0 Å². The van der Waals surface area contributed by atoms with E-state index in [1.54, 1.807) is 30.9 Å². The number of methoxy groups -OCH3 is 2. The third kappa shape index (κ3) is 8.73. The van der Waals surface area contributed by atoms with E-state index in [9.17, 15) is 19.2 Å². The lowest BCUT2D eigenvalue weighted by Gasteiger charge is -2.39. The second-order valence-electron chi connectivity index (χ2n) is 10.4. The molecule has 2 N–H and O–H groups in total. The Morgan fingerprint density at radius 1 is 1.08 bits per heavy atom. The third-order valence-corrected chi connectivity index (χ3v) is 7.30. The first kappa shape index (κ1) is 31.8. The standard InChI is InChI=1S/C26H47N3O7/c1-9-17(4)24(28(6)21(30)13-16(2)3)20(35-7)14-22(31)29-12-10-11-19(29)25(36-8)18(5)26(34)27-15-23(32)33/h16-20,24-25H,9-15H2,1-8H3,(H,27,34)(H,32,33)/t17-,18?,19-,20?,24?,25?/m0/s1. The second-order valence-corrected chi connectivity index (χ2v) is 10.4. The monoisotopic (exact) mass is 513 g/mol. The molecule has 10 nitrogen and oxygen atoms in total. The van der Waals surface area contributed by atoms with Gasteiger partial charge in [-0.1, -0.05) is 41.0 Å². The SMILES string of the molecule is CC[C@H](C)C(C(CC(=O)N1CCC[C@H]1C(OC)C(C)C(=O)NCC(=O)O)OC)N(C)C(=O)CC(C)C. The Hall–Kier alpha value is -2.20. The predicted octanol–water partition coefficient (Wildman–Crippen LogP) is 2.15. The van der Waals surface area contributed by atoms with E-state index in [2.05, 4.69) is 19.2 Å². The highest BCUT2D eigenvalue weighted by molar-refractivity contribution is 5.83. The summed E-state index contributed by atoms with van der Waals surface area (Å²) in [6.45, 7) is 9.88. The molecule has 10 heteroatoms. The molecule has 1 rings (SSSR count). The number of rotatable bonds is 15. The first-order valence-corrected chi connectivity index (χ1v) is 13.0. The topological polar surface area (TPSA) is 125 Å². The first-order valence-electron chi connectivity index (χ1n) is 13.0. The summed E-state index contributed by atoms with van der Waals surface area (Å²) in [6, 6.07) is -0.567. The Kier molecular flexibility index (Phi) is 13.4. The number of carboxylic acid groups (broad SMARTS) is 1. The minimum Gasteiger partial charge on any atom is -0.480 e. The van der Waals surface area contributed by atoms with Crippen LogP contribution in [0.15, 0.2) is 0 Å². The zero-order valence-corrected chi connectivity index (χ0v) is 23.3. The largest absolute Gasteiger partial charge is 0.480 e. The molecule has 1 aliphatic heterocycles. The van der Waals surface area contributed by atoms with E-state index < -0.39 is 36.5 Å². The number of nitrogens with zero attached hydrogens (tertiary/aromatic N) is 2. The maximum atomic E-state index is 13.5. The van der Waals surface area contributed by atoms with Crippen LogP contribution in [0.4, 0.5) is 0 Å². The van der Waals surface area contributed by atoms with E-state index in [0.717, 1.165) is 12.8 Å². The zero-order chi connectivity index (χ0) is 27.6. The van der Waals surface area contributed by atoms with Crippen molar-refractivity contribution >= 4 is 23.7 Å². The van der Waals surface area contributed by atoms with Gasteiger partial charge in [-0.15, -0.1) is 0 Å². The number of nitrogens with one attached hydrogen (secondary N) is 1. The molecule has 4 unspecified atom stereocenters. The number of likely N-dealkylation sites (tertiary alicyclic amines) is 1. The number of carboxylic acids is 1. The van der Waals surface area contributed by atoms with Gasteiger partial charge >= 0.3 is 5.97 Å². The fourth-order valence-electron chi connectivity index (χ4n) is 5.14. The van der Waals surface area contributed by atoms with Crippen molar-refractivity contribution in [1.82, 2.24) is 15.1 Å². The van der Waals surface area contributed by atoms with Crippen LogP contribution in [0.3, 0.4) is 0 Å². The van der Waals surface area contributed by atoms with E-state index in [1.165, 1.54) is 7.11 Å². The smallest absolute Gasteiger partial charge is 0.322 e. The normalized spacial score (nSPS) is 19.9. The summed E-state index contributed by atoms with van der Waals surface area (Å²) in [5.41, 5.74) is 0. The van der Waals surface area contributed by atoms with Gasteiger partial charge in [0.15, 0.2) is 0 Å². The number of ether oxygens (including phenoxy) is 2. The van der Waals surface area contributed by atoms with Crippen LogP contribution in [0, 0.1) is 17.8 Å². The Bertz CT molecular complexity index is 745. The van der Waals surface area contributed by atoms with Gasteiger partial charge in [-0.3, -0.25) is 19.2 Å². The molecule has 0 saturated carbocycles. The lowest BCUT2D eigenvalue weighted by atomic mass is 9.90. The van der Waals surface area contributed by atoms with Gasteiger partial charge in [0.2, 0.25) is 17.7 Å². The van der Waals surface area contributed by atoms with Gasteiger partial charge in [-0.25, -0.2) is 0 Å². The maximum Gasteiger partial charge on any atom is 0.322 e. The summed E-state index contributed by atoms with van der Waals surface area (Å²) in [4.78, 5) is 53.2. The number of hydrogen-bond donors (Lipinski definition) is 2. The van der Waals surface area contributed by atoms with Crippen LogP contribution in [0.1, 0.15) is 66.7 Å². The summed E-state index contributed by atoms with van der Waals surface area (Å²) in [5, 5.41) is 11.3. The average Bonchev–Trinajstić information content (AvgIpc) is 3.31. The Morgan fingerprint density at radius 3 is 2.22 bits per heavy atom. The van der Waals surface area contributed by atoms with Gasteiger partial charge in [-0.05, 0) is 24.7 Å². The van der Waals surface area contributed by atoms with Crippen LogP contribution < -0.4 is 5.32 Å². The summed E-state index contributed by atoms with van der Waals surface area (Å²) >= 11 is 0. The molecule has 1 heterocycles. The number of likely N-dealkylation sites (N-methyl/N-ethyl adjacent to an activating group) is 1. The van der Waals surface area contributed by atoms with Gasteiger partial charge in [0.05, 0.1) is 36.6 Å². The van der Waals surface area contributed by atoms with Gasteiger partial charge < -0.3 is 29.7 Å². The quantitative estimate of drug-likeness (QED) is 0.344. The molecule has 0 aliphatic carbocycles.